The minimum Gasteiger partial charge on any atom is -0.374 e. The zero-order chi connectivity index (χ0) is 12.4. The summed E-state index contributed by atoms with van der Waals surface area (Å²) in [5.74, 6) is 0.978. The number of nitrogens with zero attached hydrogens (tertiary/aromatic N) is 1. The first-order valence-electron chi connectivity index (χ1n) is 7.94. The summed E-state index contributed by atoms with van der Waals surface area (Å²) in [4.78, 5) is 2.78. The minimum absolute atomic E-state index is 0.402. The fraction of sp³-hybridized carbons (Fsp3) is 1.00. The maximum absolute atomic E-state index is 5.97. The number of hydrogen-bond donors (Lipinski definition) is 1. The summed E-state index contributed by atoms with van der Waals surface area (Å²) in [7, 11) is 0. The third-order valence-electron chi connectivity index (χ3n) is 5.30. The zero-order valence-electron chi connectivity index (χ0n) is 11.7. The maximum Gasteiger partial charge on any atom is 0.0852 e. The summed E-state index contributed by atoms with van der Waals surface area (Å²) in [6.45, 7) is 6.62. The van der Waals surface area contributed by atoms with Crippen molar-refractivity contribution in [2.45, 2.75) is 63.6 Å². The van der Waals surface area contributed by atoms with Gasteiger partial charge in [0.1, 0.15) is 0 Å². The Morgan fingerprint density at radius 3 is 2.83 bits per heavy atom. The van der Waals surface area contributed by atoms with Gasteiger partial charge in [-0.1, -0.05) is 12.8 Å². The molecule has 0 spiro atoms. The Hall–Kier alpha value is -0.120. The van der Waals surface area contributed by atoms with Gasteiger partial charge >= 0.3 is 0 Å². The van der Waals surface area contributed by atoms with Crippen molar-refractivity contribution in [3.63, 3.8) is 0 Å². The van der Waals surface area contributed by atoms with Crippen LogP contribution < -0.4 is 5.32 Å². The van der Waals surface area contributed by atoms with Crippen molar-refractivity contribution in [3.05, 3.63) is 0 Å². The SMILES string of the molecule is CC(C1CNCCO1)N1CCC[C@H]2CCCC[C@H]21. The molecule has 2 unspecified atom stereocenters. The number of morpholine rings is 1. The number of likely N-dealkylation sites (tertiary alicyclic amines) is 1. The lowest BCUT2D eigenvalue weighted by Crippen LogP contribution is -2.57. The van der Waals surface area contributed by atoms with Gasteiger partial charge in [0, 0.05) is 25.2 Å². The molecule has 2 aliphatic heterocycles. The molecule has 0 aromatic rings. The van der Waals surface area contributed by atoms with Crippen LogP contribution in [0.4, 0.5) is 0 Å². The van der Waals surface area contributed by atoms with E-state index >= 15 is 0 Å². The van der Waals surface area contributed by atoms with E-state index in [4.69, 9.17) is 4.74 Å². The Kier molecular flexibility index (Phi) is 4.22. The van der Waals surface area contributed by atoms with Crippen LogP contribution in [-0.2, 0) is 4.74 Å². The van der Waals surface area contributed by atoms with Gasteiger partial charge in [-0.3, -0.25) is 4.90 Å². The highest BCUT2D eigenvalue weighted by Gasteiger charge is 2.38. The van der Waals surface area contributed by atoms with Crippen LogP contribution in [0.1, 0.15) is 45.4 Å². The third-order valence-corrected chi connectivity index (χ3v) is 5.30. The van der Waals surface area contributed by atoms with Crippen molar-refractivity contribution in [3.8, 4) is 0 Å². The Morgan fingerprint density at radius 1 is 1.17 bits per heavy atom. The average molecular weight is 252 g/mol. The third kappa shape index (κ3) is 2.59. The molecule has 0 bridgehead atoms. The van der Waals surface area contributed by atoms with Gasteiger partial charge in [-0.2, -0.15) is 0 Å². The predicted molar refractivity (Wildman–Crippen MR) is 73.8 cm³/mol. The highest BCUT2D eigenvalue weighted by Crippen LogP contribution is 2.36. The summed E-state index contributed by atoms with van der Waals surface area (Å²) in [6.07, 6.45) is 9.06. The van der Waals surface area contributed by atoms with E-state index in [1.54, 1.807) is 0 Å². The van der Waals surface area contributed by atoms with Crippen LogP contribution in [-0.4, -0.2) is 49.3 Å². The monoisotopic (exact) mass is 252 g/mol. The molecule has 3 fully saturated rings. The van der Waals surface area contributed by atoms with Crippen LogP contribution in [0.2, 0.25) is 0 Å². The van der Waals surface area contributed by atoms with Crippen molar-refractivity contribution in [2.24, 2.45) is 5.92 Å². The number of hydrogen-bond acceptors (Lipinski definition) is 3. The molecule has 4 atom stereocenters. The molecule has 3 rings (SSSR count). The van der Waals surface area contributed by atoms with Gasteiger partial charge in [-0.25, -0.2) is 0 Å². The molecule has 2 saturated heterocycles. The van der Waals surface area contributed by atoms with Gasteiger partial charge < -0.3 is 10.1 Å². The molecule has 3 nitrogen and oxygen atoms in total. The highest BCUT2D eigenvalue weighted by atomic mass is 16.5. The van der Waals surface area contributed by atoms with Gasteiger partial charge in [0.25, 0.3) is 0 Å². The second-order valence-electron chi connectivity index (χ2n) is 6.35. The molecule has 3 aliphatic rings. The Balaban J connectivity index is 1.65. The smallest absolute Gasteiger partial charge is 0.0852 e. The second kappa shape index (κ2) is 5.89. The summed E-state index contributed by atoms with van der Waals surface area (Å²) < 4.78 is 5.97. The molecule has 0 radical (unpaired) electrons. The number of ether oxygens (including phenoxy) is 1. The van der Waals surface area contributed by atoms with Crippen LogP contribution in [0.25, 0.3) is 0 Å². The van der Waals surface area contributed by atoms with Crippen LogP contribution in [0.5, 0.6) is 0 Å². The Bertz CT molecular complexity index is 263. The molecule has 1 aliphatic carbocycles. The van der Waals surface area contributed by atoms with Crippen molar-refractivity contribution in [1.29, 1.82) is 0 Å². The van der Waals surface area contributed by atoms with Crippen LogP contribution in [0.3, 0.4) is 0 Å². The van der Waals surface area contributed by atoms with Crippen LogP contribution in [0.15, 0.2) is 0 Å². The van der Waals surface area contributed by atoms with E-state index in [0.29, 0.717) is 12.1 Å². The Labute approximate surface area is 111 Å². The zero-order valence-corrected chi connectivity index (χ0v) is 11.7. The number of rotatable bonds is 2. The second-order valence-corrected chi connectivity index (χ2v) is 6.35. The summed E-state index contributed by atoms with van der Waals surface area (Å²) in [6, 6.07) is 1.44. The lowest BCUT2D eigenvalue weighted by Gasteiger charge is -2.49. The standard InChI is InChI=1S/C15H28N2O/c1-12(15-11-16-8-10-18-15)17-9-4-6-13-5-2-3-7-14(13)17/h12-16H,2-11H2,1H3/t12?,13-,14-,15?/m1/s1. The normalized spacial score (nSPS) is 40.2. The van der Waals surface area contributed by atoms with Crippen molar-refractivity contribution in [1.82, 2.24) is 10.2 Å². The molecule has 2 heterocycles. The van der Waals surface area contributed by atoms with Gasteiger partial charge in [0.2, 0.25) is 0 Å². The molecule has 104 valence electrons. The summed E-state index contributed by atoms with van der Waals surface area (Å²) >= 11 is 0. The fourth-order valence-corrected chi connectivity index (χ4v) is 4.28. The van der Waals surface area contributed by atoms with Crippen molar-refractivity contribution in [2.75, 3.05) is 26.2 Å². The van der Waals surface area contributed by atoms with Crippen molar-refractivity contribution >= 4 is 0 Å². The molecule has 1 N–H and O–H groups in total. The van der Waals surface area contributed by atoms with Crippen molar-refractivity contribution < 1.29 is 4.74 Å². The highest BCUT2D eigenvalue weighted by molar-refractivity contribution is 4.92. The lowest BCUT2D eigenvalue weighted by atomic mass is 9.77. The quantitative estimate of drug-likeness (QED) is 0.814. The molecule has 18 heavy (non-hydrogen) atoms. The van der Waals surface area contributed by atoms with Crippen LogP contribution in [0, 0.1) is 5.92 Å². The van der Waals surface area contributed by atoms with E-state index in [1.165, 1.54) is 45.1 Å². The average Bonchev–Trinajstić information content (AvgIpc) is 2.47. The van der Waals surface area contributed by atoms with Gasteiger partial charge in [-0.15, -0.1) is 0 Å². The van der Waals surface area contributed by atoms with E-state index < -0.39 is 0 Å². The molecule has 1 saturated carbocycles. The lowest BCUT2D eigenvalue weighted by molar-refractivity contribution is -0.0615. The summed E-state index contributed by atoms with van der Waals surface area (Å²) in [5, 5.41) is 3.48. The molecular formula is C15H28N2O. The maximum atomic E-state index is 5.97. The van der Waals surface area contributed by atoms with Gasteiger partial charge in [0.15, 0.2) is 0 Å². The van der Waals surface area contributed by atoms with E-state index in [2.05, 4.69) is 17.1 Å². The number of nitrogens with one attached hydrogen (secondary N) is 1. The largest absolute Gasteiger partial charge is 0.374 e. The van der Waals surface area contributed by atoms with Crippen LogP contribution >= 0.6 is 0 Å². The van der Waals surface area contributed by atoms with E-state index in [0.717, 1.165) is 31.7 Å². The first-order valence-corrected chi connectivity index (χ1v) is 7.94. The Morgan fingerprint density at radius 2 is 2.00 bits per heavy atom. The van der Waals surface area contributed by atoms with E-state index in [-0.39, 0.29) is 0 Å². The predicted octanol–water partition coefficient (Wildman–Crippen LogP) is 2.02. The molecular weight excluding hydrogens is 224 g/mol. The molecule has 3 heteroatoms. The first kappa shape index (κ1) is 12.9. The van der Waals surface area contributed by atoms with E-state index in [1.807, 2.05) is 0 Å². The fourth-order valence-electron chi connectivity index (χ4n) is 4.28. The molecule has 0 aromatic heterocycles. The number of piperidine rings is 1. The minimum atomic E-state index is 0.402. The molecule has 0 aromatic carbocycles. The number of fused-ring (bicyclic) bond motifs is 1. The molecule has 0 amide bonds. The van der Waals surface area contributed by atoms with Gasteiger partial charge in [0.05, 0.1) is 12.7 Å². The van der Waals surface area contributed by atoms with E-state index in [9.17, 15) is 0 Å². The van der Waals surface area contributed by atoms with Gasteiger partial charge in [-0.05, 0) is 45.1 Å². The topological polar surface area (TPSA) is 24.5 Å². The summed E-state index contributed by atoms with van der Waals surface area (Å²) in [5.41, 5.74) is 0. The first-order chi connectivity index (χ1) is 8.86.